The van der Waals surface area contributed by atoms with E-state index < -0.39 is 0 Å². The van der Waals surface area contributed by atoms with Crippen molar-refractivity contribution in [1.82, 2.24) is 0 Å². The third-order valence-electron chi connectivity index (χ3n) is 3.63. The summed E-state index contributed by atoms with van der Waals surface area (Å²) >= 11 is 0. The Morgan fingerprint density at radius 3 is 2.73 bits per heavy atom. The average molecular weight is 208 g/mol. The zero-order valence-corrected chi connectivity index (χ0v) is 10.3. The van der Waals surface area contributed by atoms with Gasteiger partial charge < -0.3 is 5.11 Å². The lowest BCUT2D eigenvalue weighted by molar-refractivity contribution is 0.0675. The van der Waals surface area contributed by atoms with Gasteiger partial charge in [0, 0.05) is 6.61 Å². The number of aliphatic hydroxyl groups is 1. The van der Waals surface area contributed by atoms with Gasteiger partial charge in [0.25, 0.3) is 0 Å². The first-order valence-corrected chi connectivity index (χ1v) is 5.92. The highest BCUT2D eigenvalue weighted by atomic mass is 16.3. The van der Waals surface area contributed by atoms with Crippen LogP contribution < -0.4 is 0 Å². The minimum Gasteiger partial charge on any atom is -0.396 e. The third-order valence-corrected chi connectivity index (χ3v) is 3.63. The van der Waals surface area contributed by atoms with E-state index in [4.69, 9.17) is 0 Å². The van der Waals surface area contributed by atoms with E-state index in [2.05, 4.69) is 32.6 Å². The lowest BCUT2D eigenvalue weighted by Gasteiger charge is -2.42. The lowest BCUT2D eigenvalue weighted by atomic mass is 9.63. The highest BCUT2D eigenvalue weighted by molar-refractivity contribution is 5.14. The van der Waals surface area contributed by atoms with E-state index in [0.29, 0.717) is 23.9 Å². The van der Waals surface area contributed by atoms with E-state index in [9.17, 15) is 5.11 Å². The predicted octanol–water partition coefficient (Wildman–Crippen LogP) is 3.55. The van der Waals surface area contributed by atoms with Gasteiger partial charge in [-0.25, -0.2) is 0 Å². The van der Waals surface area contributed by atoms with Crippen molar-refractivity contribution in [2.24, 2.45) is 17.3 Å². The third kappa shape index (κ3) is 3.20. The van der Waals surface area contributed by atoms with Crippen molar-refractivity contribution < 1.29 is 5.11 Å². The summed E-state index contributed by atoms with van der Waals surface area (Å²) in [5.74, 6) is 0.928. The fraction of sp³-hybridized carbons (Fsp3) is 0.714. The van der Waals surface area contributed by atoms with Gasteiger partial charge in [-0.2, -0.15) is 0 Å². The van der Waals surface area contributed by atoms with Crippen LogP contribution in [0.1, 0.15) is 40.0 Å². The van der Waals surface area contributed by atoms with E-state index in [1.165, 1.54) is 12.8 Å². The Morgan fingerprint density at radius 2 is 2.20 bits per heavy atom. The van der Waals surface area contributed by atoms with Crippen LogP contribution in [0.4, 0.5) is 0 Å². The molecule has 0 aliphatic heterocycles. The normalized spacial score (nSPS) is 30.7. The molecule has 0 bridgehead atoms. The molecule has 0 aromatic carbocycles. The second-order valence-electron chi connectivity index (χ2n) is 5.55. The number of hydrogen-bond acceptors (Lipinski definition) is 1. The van der Waals surface area contributed by atoms with Gasteiger partial charge in [-0.1, -0.05) is 44.6 Å². The van der Waals surface area contributed by atoms with E-state index in [1.54, 1.807) is 0 Å². The maximum Gasteiger partial charge on any atom is 0.0465 e. The molecular formula is C14H24O. The summed E-state index contributed by atoms with van der Waals surface area (Å²) in [5, 5.41) is 9.40. The van der Waals surface area contributed by atoms with E-state index in [1.807, 2.05) is 6.92 Å². The molecular weight excluding hydrogens is 184 g/mol. The van der Waals surface area contributed by atoms with Crippen molar-refractivity contribution in [1.29, 1.82) is 0 Å². The Labute approximate surface area is 93.9 Å². The second-order valence-corrected chi connectivity index (χ2v) is 5.55. The minimum atomic E-state index is 0.314. The first kappa shape index (κ1) is 12.5. The highest BCUT2D eigenvalue weighted by Crippen LogP contribution is 2.44. The lowest BCUT2D eigenvalue weighted by Crippen LogP contribution is -2.35. The maximum atomic E-state index is 9.40. The Kier molecular flexibility index (Phi) is 4.15. The van der Waals surface area contributed by atoms with Gasteiger partial charge in [-0.05, 0) is 37.0 Å². The van der Waals surface area contributed by atoms with Crippen LogP contribution in [0.5, 0.6) is 0 Å². The first-order chi connectivity index (χ1) is 6.97. The van der Waals surface area contributed by atoms with Gasteiger partial charge in [-0.15, -0.1) is 0 Å². The summed E-state index contributed by atoms with van der Waals surface area (Å²) in [6.07, 6.45) is 8.01. The predicted molar refractivity (Wildman–Crippen MR) is 65.7 cm³/mol. The van der Waals surface area contributed by atoms with Crippen LogP contribution in [0.2, 0.25) is 0 Å². The molecule has 1 saturated carbocycles. The highest BCUT2D eigenvalue weighted by Gasteiger charge is 2.36. The molecule has 1 nitrogen and oxygen atoms in total. The van der Waals surface area contributed by atoms with Gasteiger partial charge in [-0.3, -0.25) is 0 Å². The molecule has 0 amide bonds. The van der Waals surface area contributed by atoms with Gasteiger partial charge >= 0.3 is 0 Å². The van der Waals surface area contributed by atoms with E-state index >= 15 is 0 Å². The van der Waals surface area contributed by atoms with E-state index in [0.717, 1.165) is 12.0 Å². The summed E-state index contributed by atoms with van der Waals surface area (Å²) in [6, 6.07) is 0. The molecule has 2 atom stereocenters. The van der Waals surface area contributed by atoms with Crippen LogP contribution in [0.3, 0.4) is 0 Å². The molecule has 2 unspecified atom stereocenters. The number of aliphatic hydroxyl groups excluding tert-OH is 1. The number of allylic oxidation sites excluding steroid dienone is 3. The standard InChI is InChI=1S/C14H24O/c1-11(2)7-8-13-12(10-15)6-5-9-14(13,3)4/h7-8,12-13,15H,1,5-6,9-10H2,2-4H3/b8-7+. The second kappa shape index (κ2) is 4.98. The zero-order valence-electron chi connectivity index (χ0n) is 10.3. The fourth-order valence-corrected chi connectivity index (χ4v) is 2.69. The molecule has 0 saturated heterocycles. The zero-order chi connectivity index (χ0) is 11.5. The summed E-state index contributed by atoms with van der Waals surface area (Å²) in [5.41, 5.74) is 1.41. The first-order valence-electron chi connectivity index (χ1n) is 5.92. The number of hydrogen-bond donors (Lipinski definition) is 1. The summed E-state index contributed by atoms with van der Waals surface area (Å²) in [7, 11) is 0. The van der Waals surface area contributed by atoms with E-state index in [-0.39, 0.29) is 0 Å². The molecule has 0 heterocycles. The summed E-state index contributed by atoms with van der Waals surface area (Å²) < 4.78 is 0. The molecule has 1 rings (SSSR count). The Bertz CT molecular complexity index is 250. The molecule has 0 radical (unpaired) electrons. The SMILES string of the molecule is C=C(C)/C=C/C1C(CO)CCCC1(C)C. The van der Waals surface area contributed by atoms with Gasteiger partial charge in [0.15, 0.2) is 0 Å². The van der Waals surface area contributed by atoms with Crippen molar-refractivity contribution in [3.63, 3.8) is 0 Å². The average Bonchev–Trinajstić information content (AvgIpc) is 2.14. The van der Waals surface area contributed by atoms with Crippen molar-refractivity contribution in [3.05, 3.63) is 24.3 Å². The molecule has 86 valence electrons. The van der Waals surface area contributed by atoms with Crippen LogP contribution in [0.25, 0.3) is 0 Å². The fourth-order valence-electron chi connectivity index (χ4n) is 2.69. The van der Waals surface area contributed by atoms with Crippen molar-refractivity contribution in [2.45, 2.75) is 40.0 Å². The Balaban J connectivity index is 2.80. The van der Waals surface area contributed by atoms with Crippen LogP contribution in [-0.4, -0.2) is 11.7 Å². The minimum absolute atomic E-state index is 0.314. The van der Waals surface area contributed by atoms with Crippen LogP contribution >= 0.6 is 0 Å². The van der Waals surface area contributed by atoms with Gasteiger partial charge in [0.05, 0.1) is 0 Å². The van der Waals surface area contributed by atoms with Gasteiger partial charge in [0.2, 0.25) is 0 Å². The smallest absolute Gasteiger partial charge is 0.0465 e. The molecule has 1 N–H and O–H groups in total. The monoisotopic (exact) mass is 208 g/mol. The van der Waals surface area contributed by atoms with Crippen molar-refractivity contribution >= 4 is 0 Å². The molecule has 1 heteroatoms. The topological polar surface area (TPSA) is 20.2 Å². The largest absolute Gasteiger partial charge is 0.396 e. The molecule has 15 heavy (non-hydrogen) atoms. The van der Waals surface area contributed by atoms with Crippen LogP contribution in [0, 0.1) is 17.3 Å². The quantitative estimate of drug-likeness (QED) is 0.703. The molecule has 1 fully saturated rings. The Hall–Kier alpha value is -0.560. The van der Waals surface area contributed by atoms with Crippen LogP contribution in [-0.2, 0) is 0 Å². The molecule has 1 aliphatic carbocycles. The van der Waals surface area contributed by atoms with Gasteiger partial charge in [0.1, 0.15) is 0 Å². The maximum absolute atomic E-state index is 9.40. The molecule has 0 aromatic rings. The summed E-state index contributed by atoms with van der Waals surface area (Å²) in [6.45, 7) is 10.8. The molecule has 0 spiro atoms. The summed E-state index contributed by atoms with van der Waals surface area (Å²) in [4.78, 5) is 0. The molecule has 0 aromatic heterocycles. The Morgan fingerprint density at radius 1 is 1.53 bits per heavy atom. The van der Waals surface area contributed by atoms with Crippen LogP contribution in [0.15, 0.2) is 24.3 Å². The number of rotatable bonds is 3. The molecule has 1 aliphatic rings. The van der Waals surface area contributed by atoms with Crippen molar-refractivity contribution in [2.75, 3.05) is 6.61 Å². The van der Waals surface area contributed by atoms with Crippen molar-refractivity contribution in [3.8, 4) is 0 Å².